The molecule has 0 aliphatic heterocycles. The summed E-state index contributed by atoms with van der Waals surface area (Å²) < 4.78 is 4.66. The number of benzene rings is 2. The molecule has 0 unspecified atom stereocenters. The molecule has 0 aliphatic rings. The van der Waals surface area contributed by atoms with E-state index in [4.69, 9.17) is 51.2 Å². The smallest absolute Gasteiger partial charge is 0.334 e. The van der Waals surface area contributed by atoms with Crippen molar-refractivity contribution >= 4 is 64.5 Å². The summed E-state index contributed by atoms with van der Waals surface area (Å²) in [7, 11) is 1.18. The van der Waals surface area contributed by atoms with Crippen molar-refractivity contribution in [3.05, 3.63) is 67.6 Å². The van der Waals surface area contributed by atoms with Crippen molar-refractivity contribution in [2.24, 2.45) is 5.16 Å². The molecule has 2 aromatic carbocycles. The lowest BCUT2D eigenvalue weighted by molar-refractivity contribution is -0.140. The number of nitrogens with zero attached hydrogens (tertiary/aromatic N) is 1. The van der Waals surface area contributed by atoms with E-state index in [9.17, 15) is 9.59 Å². The highest BCUT2D eigenvalue weighted by Crippen LogP contribution is 2.22. The van der Waals surface area contributed by atoms with E-state index >= 15 is 0 Å². The Balaban J connectivity index is 2.03. The van der Waals surface area contributed by atoms with Crippen LogP contribution in [-0.4, -0.2) is 31.2 Å². The fraction of sp³-hybridized carbons (Fsp3) is 0.167. The van der Waals surface area contributed by atoms with Gasteiger partial charge in [0.15, 0.2) is 6.04 Å². The number of carbonyl (C=O) groups is 2. The predicted molar refractivity (Wildman–Crippen MR) is 109 cm³/mol. The van der Waals surface area contributed by atoms with Gasteiger partial charge in [-0.1, -0.05) is 57.6 Å². The second-order valence-electron chi connectivity index (χ2n) is 5.36. The number of hydrogen-bond acceptors (Lipinski definition) is 5. The Bertz CT molecular complexity index is 905. The van der Waals surface area contributed by atoms with Crippen LogP contribution in [0.25, 0.3) is 0 Å². The Kier molecular flexibility index (Phi) is 8.38. The maximum atomic E-state index is 12.4. The van der Waals surface area contributed by atoms with Crippen LogP contribution in [0.15, 0.2) is 41.6 Å². The molecule has 1 amide bonds. The summed E-state index contributed by atoms with van der Waals surface area (Å²) in [4.78, 5) is 29.4. The quantitative estimate of drug-likeness (QED) is 0.364. The summed E-state index contributed by atoms with van der Waals surface area (Å²) >= 11 is 23.7. The summed E-state index contributed by atoms with van der Waals surface area (Å²) in [6, 6.07) is 8.07. The standard InChI is InChI=1S/C18H14Cl4N2O4/c1-27-18(26)16(24-17(25)13-5-4-12(20)7-15(13)22)8-23-28-9-10-2-3-11(19)6-14(10)21/h2-8,16H,9H2,1H3,(H,24,25)/b23-8-/t16-/m1/s1. The molecule has 0 aliphatic carbocycles. The molecule has 0 heterocycles. The van der Waals surface area contributed by atoms with Crippen molar-refractivity contribution in [3.8, 4) is 0 Å². The van der Waals surface area contributed by atoms with E-state index in [-0.39, 0.29) is 17.2 Å². The molecule has 1 atom stereocenters. The monoisotopic (exact) mass is 462 g/mol. The summed E-state index contributed by atoms with van der Waals surface area (Å²) in [6.07, 6.45) is 1.09. The highest BCUT2D eigenvalue weighted by Gasteiger charge is 2.22. The number of methoxy groups -OCH3 is 1. The van der Waals surface area contributed by atoms with Crippen molar-refractivity contribution in [1.29, 1.82) is 0 Å². The Hall–Kier alpha value is -1.99. The van der Waals surface area contributed by atoms with Crippen molar-refractivity contribution < 1.29 is 19.2 Å². The largest absolute Gasteiger partial charge is 0.467 e. The summed E-state index contributed by atoms with van der Waals surface area (Å²) in [5.74, 6) is -1.35. The fourth-order valence-electron chi connectivity index (χ4n) is 2.03. The van der Waals surface area contributed by atoms with Crippen LogP contribution in [0.5, 0.6) is 0 Å². The van der Waals surface area contributed by atoms with Crippen LogP contribution in [0.3, 0.4) is 0 Å². The first-order chi connectivity index (χ1) is 13.3. The van der Waals surface area contributed by atoms with Gasteiger partial charge in [0.05, 0.1) is 23.9 Å². The number of rotatable bonds is 7. The summed E-state index contributed by atoms with van der Waals surface area (Å²) in [5.41, 5.74) is 0.789. The van der Waals surface area contributed by atoms with E-state index in [0.717, 1.165) is 6.21 Å². The molecule has 0 radical (unpaired) electrons. The van der Waals surface area contributed by atoms with E-state index in [2.05, 4.69) is 15.2 Å². The molecule has 0 aromatic heterocycles. The zero-order valence-corrected chi connectivity index (χ0v) is 17.4. The van der Waals surface area contributed by atoms with Gasteiger partial charge in [0.2, 0.25) is 0 Å². The molecule has 0 fully saturated rings. The lowest BCUT2D eigenvalue weighted by atomic mass is 10.2. The average molecular weight is 464 g/mol. The number of carbonyl (C=O) groups excluding carboxylic acids is 2. The minimum atomic E-state index is -1.19. The number of amides is 1. The minimum Gasteiger partial charge on any atom is -0.467 e. The van der Waals surface area contributed by atoms with Crippen LogP contribution >= 0.6 is 46.4 Å². The van der Waals surface area contributed by atoms with Crippen LogP contribution in [0.4, 0.5) is 0 Å². The van der Waals surface area contributed by atoms with Gasteiger partial charge in [-0.15, -0.1) is 0 Å². The van der Waals surface area contributed by atoms with Crippen molar-refractivity contribution in [2.45, 2.75) is 12.6 Å². The molecule has 2 aromatic rings. The van der Waals surface area contributed by atoms with Crippen LogP contribution in [0, 0.1) is 0 Å². The average Bonchev–Trinajstić information content (AvgIpc) is 2.64. The van der Waals surface area contributed by atoms with Gasteiger partial charge < -0.3 is 14.9 Å². The molecule has 6 nitrogen and oxygen atoms in total. The first kappa shape index (κ1) is 22.3. The number of oxime groups is 1. The molecule has 148 valence electrons. The van der Waals surface area contributed by atoms with Gasteiger partial charge in [0.1, 0.15) is 6.61 Å². The maximum absolute atomic E-state index is 12.4. The molecule has 28 heavy (non-hydrogen) atoms. The normalized spacial score (nSPS) is 11.9. The molecule has 2 rings (SSSR count). The summed E-state index contributed by atoms with van der Waals surface area (Å²) in [6.45, 7) is 0.0390. The van der Waals surface area contributed by atoms with Gasteiger partial charge in [0.25, 0.3) is 5.91 Å². The van der Waals surface area contributed by atoms with Gasteiger partial charge in [-0.2, -0.15) is 0 Å². The first-order valence-electron chi connectivity index (χ1n) is 7.75. The topological polar surface area (TPSA) is 77.0 Å². The van der Waals surface area contributed by atoms with E-state index in [1.54, 1.807) is 18.2 Å². The molecule has 0 saturated heterocycles. The van der Waals surface area contributed by atoms with Gasteiger partial charge in [0, 0.05) is 20.6 Å². The lowest BCUT2D eigenvalue weighted by Crippen LogP contribution is -2.42. The zero-order chi connectivity index (χ0) is 20.7. The Morgan fingerprint density at radius 2 is 1.71 bits per heavy atom. The molecule has 0 saturated carbocycles. The molecule has 10 heteroatoms. The number of esters is 1. The van der Waals surface area contributed by atoms with Crippen molar-refractivity contribution in [2.75, 3.05) is 7.11 Å². The van der Waals surface area contributed by atoms with E-state index in [0.29, 0.717) is 20.6 Å². The highest BCUT2D eigenvalue weighted by molar-refractivity contribution is 6.37. The second-order valence-corrected chi connectivity index (χ2v) is 7.05. The van der Waals surface area contributed by atoms with Crippen molar-refractivity contribution in [1.82, 2.24) is 5.32 Å². The number of halogens is 4. The summed E-state index contributed by atoms with van der Waals surface area (Å²) in [5, 5.41) is 7.57. The Labute approximate surface area is 181 Å². The first-order valence-corrected chi connectivity index (χ1v) is 9.26. The third kappa shape index (κ3) is 6.27. The number of nitrogens with one attached hydrogen (secondary N) is 1. The van der Waals surface area contributed by atoms with Crippen LogP contribution < -0.4 is 5.32 Å². The van der Waals surface area contributed by atoms with Crippen LogP contribution in [0.2, 0.25) is 20.1 Å². The maximum Gasteiger partial charge on any atom is 0.334 e. The third-order valence-electron chi connectivity index (χ3n) is 3.44. The number of ether oxygens (including phenoxy) is 1. The van der Waals surface area contributed by atoms with E-state index in [1.807, 2.05) is 0 Å². The molecule has 0 spiro atoms. The molecule has 1 N–H and O–H groups in total. The Morgan fingerprint density at radius 3 is 2.32 bits per heavy atom. The zero-order valence-electron chi connectivity index (χ0n) is 14.4. The third-order valence-corrected chi connectivity index (χ3v) is 4.57. The van der Waals surface area contributed by atoms with Gasteiger partial charge in [-0.05, 0) is 30.3 Å². The SMILES string of the molecule is COC(=O)[C@@H](/C=N\OCc1ccc(Cl)cc1Cl)NC(=O)c1ccc(Cl)cc1Cl. The van der Waals surface area contributed by atoms with Crippen LogP contribution in [0.1, 0.15) is 15.9 Å². The van der Waals surface area contributed by atoms with Gasteiger partial charge >= 0.3 is 5.97 Å². The van der Waals surface area contributed by atoms with Crippen LogP contribution in [-0.2, 0) is 21.0 Å². The Morgan fingerprint density at radius 1 is 1.07 bits per heavy atom. The van der Waals surface area contributed by atoms with Gasteiger partial charge in [-0.3, -0.25) is 4.79 Å². The second kappa shape index (κ2) is 10.5. The lowest BCUT2D eigenvalue weighted by Gasteiger charge is -2.13. The van der Waals surface area contributed by atoms with E-state index < -0.39 is 17.9 Å². The number of hydrogen-bond donors (Lipinski definition) is 1. The van der Waals surface area contributed by atoms with Gasteiger partial charge in [-0.25, -0.2) is 4.79 Å². The van der Waals surface area contributed by atoms with E-state index in [1.165, 1.54) is 25.3 Å². The molecular formula is C18H14Cl4N2O4. The predicted octanol–water partition coefficient (Wildman–Crippen LogP) is 4.77. The van der Waals surface area contributed by atoms with Crippen molar-refractivity contribution in [3.63, 3.8) is 0 Å². The molecule has 0 bridgehead atoms. The fourth-order valence-corrected chi connectivity index (χ4v) is 2.98. The minimum absolute atomic E-state index is 0.0390. The molecular weight excluding hydrogens is 450 g/mol. The highest BCUT2D eigenvalue weighted by atomic mass is 35.5.